The van der Waals surface area contributed by atoms with Crippen LogP contribution in [0.3, 0.4) is 0 Å². The number of hydrogen-bond acceptors (Lipinski definition) is 4. The second-order valence-electron chi connectivity index (χ2n) is 5.00. The summed E-state index contributed by atoms with van der Waals surface area (Å²) in [4.78, 5) is 30.9. The normalized spacial score (nSPS) is 12.3. The van der Waals surface area contributed by atoms with Crippen LogP contribution >= 0.6 is 0 Å². The molecule has 0 saturated carbocycles. The molecule has 22 heavy (non-hydrogen) atoms. The highest BCUT2D eigenvalue weighted by atomic mass is 16.5. The Balaban J connectivity index is 1.96. The van der Waals surface area contributed by atoms with E-state index in [9.17, 15) is 9.59 Å². The Morgan fingerprint density at radius 1 is 1.23 bits per heavy atom. The summed E-state index contributed by atoms with van der Waals surface area (Å²) in [5.41, 5.74) is 2.10. The number of pyridine rings is 1. The molecule has 0 aliphatic carbocycles. The lowest BCUT2D eigenvalue weighted by Gasteiger charge is -2.10. The van der Waals surface area contributed by atoms with Crippen molar-refractivity contribution in [2.45, 2.75) is 13.0 Å². The Morgan fingerprint density at radius 3 is 2.77 bits per heavy atom. The third-order valence-corrected chi connectivity index (χ3v) is 3.53. The highest BCUT2D eigenvalue weighted by Gasteiger charge is 2.18. The average Bonchev–Trinajstić information content (AvgIpc) is 2.91. The number of amides is 1. The van der Waals surface area contributed by atoms with Crippen molar-refractivity contribution in [3.05, 3.63) is 42.2 Å². The molecule has 0 aliphatic rings. The van der Waals surface area contributed by atoms with E-state index < -0.39 is 17.9 Å². The number of ether oxygens (including phenoxy) is 1. The molecule has 0 saturated heterocycles. The zero-order valence-corrected chi connectivity index (χ0v) is 12.2. The van der Waals surface area contributed by atoms with Gasteiger partial charge in [-0.2, -0.15) is 0 Å². The molecule has 1 aromatic carbocycles. The first-order valence-corrected chi connectivity index (χ1v) is 6.85. The maximum absolute atomic E-state index is 12.2. The number of rotatable bonds is 3. The van der Waals surface area contributed by atoms with Gasteiger partial charge in [0, 0.05) is 16.3 Å². The molecule has 0 bridgehead atoms. The number of fused-ring (bicyclic) bond motifs is 3. The van der Waals surface area contributed by atoms with Crippen molar-refractivity contribution in [1.82, 2.24) is 15.3 Å². The lowest BCUT2D eigenvalue weighted by atomic mass is 10.1. The van der Waals surface area contributed by atoms with Crippen LogP contribution in [0.2, 0.25) is 0 Å². The molecule has 1 amide bonds. The average molecular weight is 297 g/mol. The molecule has 0 unspecified atom stereocenters. The number of benzene rings is 1. The van der Waals surface area contributed by atoms with Crippen LogP contribution in [0, 0.1) is 0 Å². The van der Waals surface area contributed by atoms with Crippen LogP contribution in [-0.2, 0) is 9.53 Å². The van der Waals surface area contributed by atoms with Crippen LogP contribution in [0.5, 0.6) is 0 Å². The van der Waals surface area contributed by atoms with Crippen LogP contribution in [0.15, 0.2) is 36.5 Å². The van der Waals surface area contributed by atoms with Crippen LogP contribution in [0.4, 0.5) is 0 Å². The van der Waals surface area contributed by atoms with Gasteiger partial charge >= 0.3 is 5.97 Å². The Labute approximate surface area is 126 Å². The fourth-order valence-electron chi connectivity index (χ4n) is 2.38. The van der Waals surface area contributed by atoms with E-state index in [1.54, 1.807) is 19.2 Å². The third kappa shape index (κ3) is 2.39. The van der Waals surface area contributed by atoms with Gasteiger partial charge in [-0.15, -0.1) is 0 Å². The standard InChI is InChI=1S/C16H15N3O3/c1-9(16(21)22-2)18-15(20)13-7-11-10-5-3-4-6-12(10)19-14(11)8-17-13/h3-9,19H,1-2H3,(H,18,20)/t9-/m0/s1. The summed E-state index contributed by atoms with van der Waals surface area (Å²) in [6, 6.07) is 8.82. The SMILES string of the molecule is COC(=O)[C@H](C)NC(=O)c1cc2c(cn1)[nH]c1ccccc12. The summed E-state index contributed by atoms with van der Waals surface area (Å²) in [6.45, 7) is 1.56. The Morgan fingerprint density at radius 2 is 2.00 bits per heavy atom. The van der Waals surface area contributed by atoms with Crippen molar-refractivity contribution in [2.24, 2.45) is 0 Å². The van der Waals surface area contributed by atoms with Crippen LogP contribution < -0.4 is 5.32 Å². The van der Waals surface area contributed by atoms with Gasteiger partial charge in [0.25, 0.3) is 5.91 Å². The van der Waals surface area contributed by atoms with Crippen molar-refractivity contribution < 1.29 is 14.3 Å². The molecule has 1 atom stereocenters. The zero-order chi connectivity index (χ0) is 15.7. The van der Waals surface area contributed by atoms with E-state index in [2.05, 4.69) is 20.0 Å². The Hall–Kier alpha value is -2.89. The minimum Gasteiger partial charge on any atom is -0.467 e. The van der Waals surface area contributed by atoms with E-state index in [0.29, 0.717) is 0 Å². The summed E-state index contributed by atoms with van der Waals surface area (Å²) in [6.07, 6.45) is 1.62. The van der Waals surface area contributed by atoms with E-state index in [4.69, 9.17) is 0 Å². The number of aromatic nitrogens is 2. The van der Waals surface area contributed by atoms with Gasteiger partial charge in [0.15, 0.2) is 0 Å². The summed E-state index contributed by atoms with van der Waals surface area (Å²) in [5.74, 6) is -0.911. The molecule has 2 N–H and O–H groups in total. The predicted molar refractivity (Wildman–Crippen MR) is 82.5 cm³/mol. The summed E-state index contributed by atoms with van der Waals surface area (Å²) in [5, 5.41) is 4.51. The molecule has 6 nitrogen and oxygen atoms in total. The molecule has 3 rings (SSSR count). The molecular weight excluding hydrogens is 282 g/mol. The maximum atomic E-state index is 12.2. The largest absolute Gasteiger partial charge is 0.467 e. The molecule has 2 aromatic heterocycles. The lowest BCUT2D eigenvalue weighted by molar-refractivity contribution is -0.142. The molecule has 112 valence electrons. The molecular formula is C16H15N3O3. The van der Waals surface area contributed by atoms with Crippen molar-refractivity contribution >= 4 is 33.7 Å². The van der Waals surface area contributed by atoms with Gasteiger partial charge in [0.2, 0.25) is 0 Å². The second-order valence-corrected chi connectivity index (χ2v) is 5.00. The molecule has 6 heteroatoms. The predicted octanol–water partition coefficient (Wildman–Crippen LogP) is 2.01. The van der Waals surface area contributed by atoms with Crippen LogP contribution in [-0.4, -0.2) is 35.0 Å². The van der Waals surface area contributed by atoms with E-state index in [0.717, 1.165) is 21.8 Å². The van der Waals surface area contributed by atoms with E-state index in [1.165, 1.54) is 7.11 Å². The molecule has 0 radical (unpaired) electrons. The Kier molecular flexibility index (Phi) is 3.50. The minimum atomic E-state index is -0.724. The number of nitrogens with one attached hydrogen (secondary N) is 2. The Bertz CT molecular complexity index is 869. The van der Waals surface area contributed by atoms with Crippen LogP contribution in [0.1, 0.15) is 17.4 Å². The van der Waals surface area contributed by atoms with E-state index >= 15 is 0 Å². The summed E-state index contributed by atoms with van der Waals surface area (Å²) in [7, 11) is 1.28. The van der Waals surface area contributed by atoms with E-state index in [-0.39, 0.29) is 5.69 Å². The monoisotopic (exact) mass is 297 g/mol. The van der Waals surface area contributed by atoms with Gasteiger partial charge in [-0.1, -0.05) is 18.2 Å². The highest BCUT2D eigenvalue weighted by Crippen LogP contribution is 2.24. The van der Waals surface area contributed by atoms with Crippen molar-refractivity contribution in [1.29, 1.82) is 0 Å². The zero-order valence-electron chi connectivity index (χ0n) is 12.2. The molecule has 3 aromatic rings. The lowest BCUT2D eigenvalue weighted by Crippen LogP contribution is -2.39. The number of nitrogens with zero attached hydrogens (tertiary/aromatic N) is 1. The first-order chi connectivity index (χ1) is 10.6. The summed E-state index contributed by atoms with van der Waals surface area (Å²) >= 11 is 0. The van der Waals surface area contributed by atoms with Gasteiger partial charge in [-0.05, 0) is 19.1 Å². The third-order valence-electron chi connectivity index (χ3n) is 3.53. The van der Waals surface area contributed by atoms with Gasteiger partial charge in [-0.25, -0.2) is 9.78 Å². The summed E-state index contributed by atoms with van der Waals surface area (Å²) < 4.78 is 4.59. The quantitative estimate of drug-likeness (QED) is 0.724. The van der Waals surface area contributed by atoms with Crippen LogP contribution in [0.25, 0.3) is 21.8 Å². The van der Waals surface area contributed by atoms with Crippen molar-refractivity contribution in [3.8, 4) is 0 Å². The number of H-pyrrole nitrogens is 1. The number of carbonyl (C=O) groups excluding carboxylic acids is 2. The number of methoxy groups -OCH3 is 1. The molecule has 0 spiro atoms. The van der Waals surface area contributed by atoms with Gasteiger partial charge in [0.05, 0.1) is 18.8 Å². The number of hydrogen-bond donors (Lipinski definition) is 2. The van der Waals surface area contributed by atoms with Gasteiger partial charge in [-0.3, -0.25) is 4.79 Å². The van der Waals surface area contributed by atoms with Gasteiger partial charge < -0.3 is 15.0 Å². The fourth-order valence-corrected chi connectivity index (χ4v) is 2.38. The molecule has 0 aliphatic heterocycles. The molecule has 0 fully saturated rings. The van der Waals surface area contributed by atoms with Crippen molar-refractivity contribution in [3.63, 3.8) is 0 Å². The van der Waals surface area contributed by atoms with E-state index in [1.807, 2.05) is 24.3 Å². The molecule has 2 heterocycles. The smallest absolute Gasteiger partial charge is 0.328 e. The minimum absolute atomic E-state index is 0.257. The number of para-hydroxylation sites is 1. The van der Waals surface area contributed by atoms with Crippen molar-refractivity contribution in [2.75, 3.05) is 7.11 Å². The second kappa shape index (κ2) is 5.48. The number of esters is 1. The highest BCUT2D eigenvalue weighted by molar-refractivity contribution is 6.09. The fraction of sp³-hybridized carbons (Fsp3) is 0.188. The number of carbonyl (C=O) groups is 2. The maximum Gasteiger partial charge on any atom is 0.328 e. The number of aromatic amines is 1. The first-order valence-electron chi connectivity index (χ1n) is 6.85. The van der Waals surface area contributed by atoms with Gasteiger partial charge in [0.1, 0.15) is 11.7 Å². The topological polar surface area (TPSA) is 84.1 Å². The first kappa shape index (κ1) is 14.1.